The van der Waals surface area contributed by atoms with Crippen molar-refractivity contribution in [3.8, 4) is 0 Å². The van der Waals surface area contributed by atoms with Crippen molar-refractivity contribution in [2.75, 3.05) is 20.8 Å². The summed E-state index contributed by atoms with van der Waals surface area (Å²) in [5.74, 6) is 0. The normalized spacial score (nSPS) is 16.9. The molecule has 5 heteroatoms. The first-order valence-electron chi connectivity index (χ1n) is 4.01. The van der Waals surface area contributed by atoms with E-state index >= 15 is 0 Å². The summed E-state index contributed by atoms with van der Waals surface area (Å²) >= 11 is 0. The van der Waals surface area contributed by atoms with Crippen LogP contribution < -0.4 is 0 Å². The van der Waals surface area contributed by atoms with Crippen LogP contribution in [0.25, 0.3) is 0 Å². The summed E-state index contributed by atoms with van der Waals surface area (Å²) < 4.78 is 23.3. The Balaban J connectivity index is 4.40. The van der Waals surface area contributed by atoms with Crippen LogP contribution in [-0.2, 0) is 13.6 Å². The van der Waals surface area contributed by atoms with Gasteiger partial charge in [0.25, 0.3) is 0 Å². The van der Waals surface area contributed by atoms with Gasteiger partial charge in [0.2, 0.25) is 0 Å². The second-order valence-corrected chi connectivity index (χ2v) is 4.93. The summed E-state index contributed by atoms with van der Waals surface area (Å²) in [6.07, 6.45) is 0. The molecule has 0 aromatic heterocycles. The van der Waals surface area contributed by atoms with E-state index in [1.165, 1.54) is 7.11 Å². The zero-order valence-corrected chi connectivity index (χ0v) is 9.30. The van der Waals surface area contributed by atoms with Crippen LogP contribution in [0.1, 0.15) is 20.8 Å². The van der Waals surface area contributed by atoms with E-state index in [4.69, 9.17) is 9.05 Å². The van der Waals surface area contributed by atoms with Crippen LogP contribution in [0.3, 0.4) is 0 Å². The van der Waals surface area contributed by atoms with Crippen molar-refractivity contribution >= 4 is 7.75 Å². The molecule has 0 saturated heterocycles. The zero-order chi connectivity index (χ0) is 9.78. The maximum atomic E-state index is 11.8. The monoisotopic (exact) mass is 195 g/mol. The molecule has 4 nitrogen and oxygen atoms in total. The molecule has 1 unspecified atom stereocenters. The number of hydrogen-bond donors (Lipinski definition) is 0. The maximum absolute atomic E-state index is 11.8. The van der Waals surface area contributed by atoms with Crippen LogP contribution in [0, 0.1) is 0 Å². The SMILES string of the molecule is CCOP(=O)(OC)N(C)C(C)C. The van der Waals surface area contributed by atoms with Gasteiger partial charge in [0, 0.05) is 13.2 Å². The van der Waals surface area contributed by atoms with E-state index in [1.807, 2.05) is 13.8 Å². The lowest BCUT2D eigenvalue weighted by Crippen LogP contribution is -2.25. The Labute approximate surface area is 74.4 Å². The predicted molar refractivity (Wildman–Crippen MR) is 49.1 cm³/mol. The highest BCUT2D eigenvalue weighted by molar-refractivity contribution is 7.51. The van der Waals surface area contributed by atoms with Crippen molar-refractivity contribution in [2.24, 2.45) is 0 Å². The van der Waals surface area contributed by atoms with Crippen molar-refractivity contribution in [1.82, 2.24) is 4.67 Å². The van der Waals surface area contributed by atoms with Crippen molar-refractivity contribution in [1.29, 1.82) is 0 Å². The Morgan fingerprint density at radius 1 is 1.50 bits per heavy atom. The fraction of sp³-hybridized carbons (Fsp3) is 1.00. The lowest BCUT2D eigenvalue weighted by atomic mass is 10.4. The van der Waals surface area contributed by atoms with Crippen LogP contribution in [0.4, 0.5) is 0 Å². The predicted octanol–water partition coefficient (Wildman–Crippen LogP) is 2.12. The summed E-state index contributed by atoms with van der Waals surface area (Å²) in [6, 6.07) is 0.141. The minimum absolute atomic E-state index is 0.141. The van der Waals surface area contributed by atoms with Crippen molar-refractivity contribution in [3.05, 3.63) is 0 Å². The van der Waals surface area contributed by atoms with Crippen LogP contribution in [0.5, 0.6) is 0 Å². The highest BCUT2D eigenvalue weighted by Crippen LogP contribution is 2.50. The topological polar surface area (TPSA) is 38.8 Å². The highest BCUT2D eigenvalue weighted by atomic mass is 31.2. The molecule has 0 aliphatic carbocycles. The number of nitrogens with zero attached hydrogens (tertiary/aromatic N) is 1. The maximum Gasteiger partial charge on any atom is 0.407 e. The smallest absolute Gasteiger partial charge is 0.300 e. The van der Waals surface area contributed by atoms with Gasteiger partial charge in [-0.2, -0.15) is 0 Å². The Kier molecular flexibility index (Phi) is 5.02. The Morgan fingerprint density at radius 2 is 2.00 bits per heavy atom. The summed E-state index contributed by atoms with van der Waals surface area (Å²) in [4.78, 5) is 0. The third-order valence-electron chi connectivity index (χ3n) is 1.66. The molecule has 0 aromatic carbocycles. The Morgan fingerprint density at radius 3 is 2.25 bits per heavy atom. The molecule has 0 N–H and O–H groups in total. The zero-order valence-electron chi connectivity index (χ0n) is 8.40. The highest BCUT2D eigenvalue weighted by Gasteiger charge is 2.30. The summed E-state index contributed by atoms with van der Waals surface area (Å²) in [6.45, 7) is 6.05. The molecule has 0 saturated carbocycles. The van der Waals surface area contributed by atoms with E-state index in [2.05, 4.69) is 0 Å². The fourth-order valence-electron chi connectivity index (χ4n) is 0.719. The molecule has 0 aromatic rings. The lowest BCUT2D eigenvalue weighted by Gasteiger charge is -2.27. The van der Waals surface area contributed by atoms with Crippen molar-refractivity contribution < 1.29 is 13.6 Å². The van der Waals surface area contributed by atoms with Gasteiger partial charge in [-0.25, -0.2) is 9.24 Å². The average molecular weight is 195 g/mol. The number of rotatable bonds is 5. The molecule has 0 rings (SSSR count). The van der Waals surface area contributed by atoms with Crippen LogP contribution in [0.2, 0.25) is 0 Å². The van der Waals surface area contributed by atoms with E-state index in [9.17, 15) is 4.57 Å². The van der Waals surface area contributed by atoms with Gasteiger partial charge >= 0.3 is 7.75 Å². The van der Waals surface area contributed by atoms with Gasteiger partial charge in [0.1, 0.15) is 0 Å². The molecule has 0 spiro atoms. The fourth-order valence-corrected chi connectivity index (χ4v) is 2.16. The molecule has 0 amide bonds. The summed E-state index contributed by atoms with van der Waals surface area (Å²) in [5.41, 5.74) is 0. The molecular formula is C7H18NO3P. The molecule has 0 aliphatic rings. The molecule has 12 heavy (non-hydrogen) atoms. The van der Waals surface area contributed by atoms with Gasteiger partial charge in [-0.05, 0) is 27.8 Å². The quantitative estimate of drug-likeness (QED) is 0.630. The van der Waals surface area contributed by atoms with Gasteiger partial charge in [0.15, 0.2) is 0 Å². The van der Waals surface area contributed by atoms with E-state index < -0.39 is 7.75 Å². The second kappa shape index (κ2) is 4.97. The van der Waals surface area contributed by atoms with Crippen LogP contribution in [-0.4, -0.2) is 31.5 Å². The molecule has 0 heterocycles. The van der Waals surface area contributed by atoms with Gasteiger partial charge in [0.05, 0.1) is 6.61 Å². The first kappa shape index (κ1) is 12.1. The molecule has 0 bridgehead atoms. The van der Waals surface area contributed by atoms with E-state index in [0.717, 1.165) is 0 Å². The average Bonchev–Trinajstić information content (AvgIpc) is 2.03. The first-order chi connectivity index (χ1) is 5.48. The van der Waals surface area contributed by atoms with Gasteiger partial charge < -0.3 is 0 Å². The van der Waals surface area contributed by atoms with E-state index in [1.54, 1.807) is 18.6 Å². The Hall–Kier alpha value is 0.110. The number of hydrogen-bond acceptors (Lipinski definition) is 3. The second-order valence-electron chi connectivity index (χ2n) is 2.74. The third-order valence-corrected chi connectivity index (χ3v) is 3.94. The summed E-state index contributed by atoms with van der Waals surface area (Å²) in [5, 5.41) is 0. The lowest BCUT2D eigenvalue weighted by molar-refractivity contribution is 0.185. The standard InChI is InChI=1S/C7H18NO3P/c1-6-11-12(9,10-5)8(4)7(2)3/h7H,6H2,1-5H3. The van der Waals surface area contributed by atoms with Crippen molar-refractivity contribution in [2.45, 2.75) is 26.8 Å². The largest absolute Gasteiger partial charge is 0.407 e. The third kappa shape index (κ3) is 2.87. The molecule has 0 fully saturated rings. The molecule has 0 aliphatic heterocycles. The minimum atomic E-state index is -3.01. The molecule has 1 atom stereocenters. The van der Waals surface area contributed by atoms with Crippen LogP contribution >= 0.6 is 7.75 Å². The van der Waals surface area contributed by atoms with Gasteiger partial charge in [-0.3, -0.25) is 9.05 Å². The minimum Gasteiger partial charge on any atom is -0.300 e. The van der Waals surface area contributed by atoms with Gasteiger partial charge in [-0.1, -0.05) is 0 Å². The first-order valence-corrected chi connectivity index (χ1v) is 5.51. The summed E-state index contributed by atoms with van der Waals surface area (Å²) in [7, 11) is 0.111. The van der Waals surface area contributed by atoms with E-state index in [0.29, 0.717) is 6.61 Å². The van der Waals surface area contributed by atoms with E-state index in [-0.39, 0.29) is 6.04 Å². The van der Waals surface area contributed by atoms with Crippen molar-refractivity contribution in [3.63, 3.8) is 0 Å². The Bertz CT molecular complexity index is 172. The van der Waals surface area contributed by atoms with Crippen LogP contribution in [0.15, 0.2) is 0 Å². The molecule has 74 valence electrons. The molecule has 0 radical (unpaired) electrons. The van der Waals surface area contributed by atoms with Gasteiger partial charge in [-0.15, -0.1) is 0 Å². The molecular weight excluding hydrogens is 177 g/mol.